The van der Waals surface area contributed by atoms with Crippen molar-refractivity contribution in [1.82, 2.24) is 5.32 Å². The van der Waals surface area contributed by atoms with Crippen LogP contribution in [0.25, 0.3) is 0 Å². The zero-order valence-electron chi connectivity index (χ0n) is 6.71. The second-order valence-corrected chi connectivity index (χ2v) is 2.20. The third-order valence-electron chi connectivity index (χ3n) is 1.32. The third kappa shape index (κ3) is 5.80. The predicted molar refractivity (Wildman–Crippen MR) is 41.0 cm³/mol. The molecule has 0 aromatic carbocycles. The highest BCUT2D eigenvalue weighted by atomic mass is 16.5. The van der Waals surface area contributed by atoms with Crippen molar-refractivity contribution in [2.45, 2.75) is 12.5 Å². The number of nitrogens with one attached hydrogen (secondary N) is 1. The van der Waals surface area contributed by atoms with Crippen LogP contribution in [0, 0.1) is 11.3 Å². The summed E-state index contributed by atoms with van der Waals surface area (Å²) in [6.45, 7) is 0.947. The standard InChI is InChI=1S/C7H14N2O2/c1-11-6-7(2-5-10)9-4-3-8/h7,9-10H,2,4-6H2,1H3. The number of hydrogen-bond acceptors (Lipinski definition) is 4. The average Bonchev–Trinajstić information content (AvgIpc) is 2.01. The molecule has 0 heterocycles. The van der Waals surface area contributed by atoms with Crippen molar-refractivity contribution in [3.05, 3.63) is 0 Å². The normalized spacial score (nSPS) is 12.5. The first-order chi connectivity index (χ1) is 5.35. The van der Waals surface area contributed by atoms with Crippen molar-refractivity contribution >= 4 is 0 Å². The van der Waals surface area contributed by atoms with Gasteiger partial charge in [0.25, 0.3) is 0 Å². The quantitative estimate of drug-likeness (QED) is 0.511. The molecule has 0 radical (unpaired) electrons. The van der Waals surface area contributed by atoms with Crippen LogP contribution in [0.4, 0.5) is 0 Å². The number of aliphatic hydroxyl groups is 1. The van der Waals surface area contributed by atoms with Gasteiger partial charge in [-0.2, -0.15) is 5.26 Å². The van der Waals surface area contributed by atoms with Crippen molar-refractivity contribution in [2.24, 2.45) is 0 Å². The van der Waals surface area contributed by atoms with E-state index in [2.05, 4.69) is 5.32 Å². The first-order valence-corrected chi connectivity index (χ1v) is 3.55. The zero-order chi connectivity index (χ0) is 8.53. The van der Waals surface area contributed by atoms with Gasteiger partial charge < -0.3 is 9.84 Å². The van der Waals surface area contributed by atoms with Gasteiger partial charge in [-0.1, -0.05) is 0 Å². The van der Waals surface area contributed by atoms with Gasteiger partial charge in [0, 0.05) is 19.8 Å². The fourth-order valence-electron chi connectivity index (χ4n) is 0.791. The number of ether oxygens (including phenoxy) is 1. The van der Waals surface area contributed by atoms with Gasteiger partial charge in [-0.15, -0.1) is 0 Å². The Morgan fingerprint density at radius 3 is 2.91 bits per heavy atom. The van der Waals surface area contributed by atoms with E-state index in [4.69, 9.17) is 15.1 Å². The summed E-state index contributed by atoms with van der Waals surface area (Å²) < 4.78 is 4.87. The van der Waals surface area contributed by atoms with Gasteiger partial charge in [0.05, 0.1) is 19.2 Å². The molecular formula is C7H14N2O2. The lowest BCUT2D eigenvalue weighted by molar-refractivity contribution is 0.150. The van der Waals surface area contributed by atoms with E-state index in [1.807, 2.05) is 6.07 Å². The van der Waals surface area contributed by atoms with Crippen LogP contribution < -0.4 is 5.32 Å². The summed E-state index contributed by atoms with van der Waals surface area (Å²) in [5.74, 6) is 0. The molecule has 0 amide bonds. The van der Waals surface area contributed by atoms with Gasteiger partial charge >= 0.3 is 0 Å². The van der Waals surface area contributed by atoms with E-state index >= 15 is 0 Å². The fourth-order valence-corrected chi connectivity index (χ4v) is 0.791. The molecule has 1 atom stereocenters. The molecule has 0 aliphatic carbocycles. The Labute approximate surface area is 66.8 Å². The van der Waals surface area contributed by atoms with E-state index in [-0.39, 0.29) is 12.6 Å². The summed E-state index contributed by atoms with van der Waals surface area (Å²) >= 11 is 0. The number of methoxy groups -OCH3 is 1. The Hall–Kier alpha value is -0.630. The van der Waals surface area contributed by atoms with E-state index in [0.29, 0.717) is 19.6 Å². The Morgan fingerprint density at radius 2 is 2.45 bits per heavy atom. The molecule has 4 heteroatoms. The molecule has 0 bridgehead atoms. The number of nitrogens with zero attached hydrogens (tertiary/aromatic N) is 1. The Kier molecular flexibility index (Phi) is 7.05. The Balaban J connectivity index is 3.44. The monoisotopic (exact) mass is 158 g/mol. The zero-order valence-corrected chi connectivity index (χ0v) is 6.71. The van der Waals surface area contributed by atoms with E-state index in [1.165, 1.54) is 0 Å². The lowest BCUT2D eigenvalue weighted by Crippen LogP contribution is -2.34. The largest absolute Gasteiger partial charge is 0.396 e. The number of aliphatic hydroxyl groups excluding tert-OH is 1. The molecule has 0 saturated carbocycles. The molecule has 1 unspecified atom stereocenters. The van der Waals surface area contributed by atoms with Crippen molar-refractivity contribution in [3.8, 4) is 6.07 Å². The number of rotatable bonds is 6. The molecule has 11 heavy (non-hydrogen) atoms. The molecule has 0 rings (SSSR count). The van der Waals surface area contributed by atoms with Gasteiger partial charge in [-0.3, -0.25) is 5.32 Å². The third-order valence-corrected chi connectivity index (χ3v) is 1.32. The predicted octanol–water partition coefficient (Wildman–Crippen LogP) is -0.503. The van der Waals surface area contributed by atoms with Gasteiger partial charge in [0.1, 0.15) is 0 Å². The van der Waals surface area contributed by atoms with Crippen LogP contribution in [-0.2, 0) is 4.74 Å². The topological polar surface area (TPSA) is 65.3 Å². The van der Waals surface area contributed by atoms with Crippen molar-refractivity contribution in [1.29, 1.82) is 5.26 Å². The smallest absolute Gasteiger partial charge is 0.0843 e. The van der Waals surface area contributed by atoms with Crippen molar-refractivity contribution < 1.29 is 9.84 Å². The molecule has 0 spiro atoms. The number of hydrogen-bond donors (Lipinski definition) is 2. The SMILES string of the molecule is COCC(CCO)NCC#N. The van der Waals surface area contributed by atoms with Crippen LogP contribution in [-0.4, -0.2) is 38.0 Å². The van der Waals surface area contributed by atoms with Crippen LogP contribution in [0.5, 0.6) is 0 Å². The molecule has 4 nitrogen and oxygen atoms in total. The van der Waals surface area contributed by atoms with E-state index in [1.54, 1.807) is 7.11 Å². The molecule has 0 aromatic rings. The van der Waals surface area contributed by atoms with Crippen LogP contribution >= 0.6 is 0 Å². The summed E-state index contributed by atoms with van der Waals surface area (Å²) in [6, 6.07) is 2.05. The summed E-state index contributed by atoms with van der Waals surface area (Å²) in [4.78, 5) is 0. The molecule has 0 aliphatic heterocycles. The molecule has 0 saturated heterocycles. The molecular weight excluding hydrogens is 144 g/mol. The van der Waals surface area contributed by atoms with Crippen LogP contribution in [0.2, 0.25) is 0 Å². The second-order valence-electron chi connectivity index (χ2n) is 2.20. The van der Waals surface area contributed by atoms with E-state index in [0.717, 1.165) is 0 Å². The van der Waals surface area contributed by atoms with Crippen molar-refractivity contribution in [3.63, 3.8) is 0 Å². The maximum Gasteiger partial charge on any atom is 0.0843 e. The molecule has 64 valence electrons. The maximum atomic E-state index is 8.58. The summed E-state index contributed by atoms with van der Waals surface area (Å²) in [5, 5.41) is 19.7. The lowest BCUT2D eigenvalue weighted by Gasteiger charge is -2.13. The highest BCUT2D eigenvalue weighted by molar-refractivity contribution is 4.77. The second kappa shape index (κ2) is 7.48. The Bertz CT molecular complexity index is 116. The Morgan fingerprint density at radius 1 is 1.73 bits per heavy atom. The van der Waals surface area contributed by atoms with E-state index < -0.39 is 0 Å². The maximum absolute atomic E-state index is 8.58. The molecule has 0 aromatic heterocycles. The van der Waals surface area contributed by atoms with Gasteiger partial charge in [-0.25, -0.2) is 0 Å². The molecule has 0 aliphatic rings. The molecule has 2 N–H and O–H groups in total. The minimum atomic E-state index is 0.0876. The van der Waals surface area contributed by atoms with Crippen molar-refractivity contribution in [2.75, 3.05) is 26.9 Å². The van der Waals surface area contributed by atoms with E-state index in [9.17, 15) is 0 Å². The fraction of sp³-hybridized carbons (Fsp3) is 0.857. The average molecular weight is 158 g/mol. The highest BCUT2D eigenvalue weighted by Crippen LogP contribution is 1.90. The minimum Gasteiger partial charge on any atom is -0.396 e. The summed E-state index contributed by atoms with van der Waals surface area (Å²) in [7, 11) is 1.60. The first-order valence-electron chi connectivity index (χ1n) is 3.55. The van der Waals surface area contributed by atoms with Gasteiger partial charge in [0.2, 0.25) is 0 Å². The summed E-state index contributed by atoms with van der Waals surface area (Å²) in [5.41, 5.74) is 0. The van der Waals surface area contributed by atoms with Crippen LogP contribution in [0.3, 0.4) is 0 Å². The van der Waals surface area contributed by atoms with Gasteiger partial charge in [-0.05, 0) is 6.42 Å². The summed E-state index contributed by atoms with van der Waals surface area (Å²) in [6.07, 6.45) is 0.621. The minimum absolute atomic E-state index is 0.0876. The van der Waals surface area contributed by atoms with Gasteiger partial charge in [0.15, 0.2) is 0 Å². The van der Waals surface area contributed by atoms with Crippen LogP contribution in [0.15, 0.2) is 0 Å². The first kappa shape index (κ1) is 10.4. The molecule has 0 fully saturated rings. The van der Waals surface area contributed by atoms with Crippen LogP contribution in [0.1, 0.15) is 6.42 Å². The lowest BCUT2D eigenvalue weighted by atomic mass is 10.2. The number of nitriles is 1. The highest BCUT2D eigenvalue weighted by Gasteiger charge is 2.04.